The number of alkyl carbamates (subject to hydrolysis) is 1. The Kier molecular flexibility index (Phi) is 7.52. The molecule has 1 amide bonds. The van der Waals surface area contributed by atoms with Gasteiger partial charge < -0.3 is 20.1 Å². The maximum Gasteiger partial charge on any atom is 0.407 e. The smallest absolute Gasteiger partial charge is 0.407 e. The number of carbonyl (C=O) groups is 1. The number of ether oxygens (including phenoxy) is 2. The van der Waals surface area contributed by atoms with E-state index in [1.54, 1.807) is 0 Å². The van der Waals surface area contributed by atoms with Crippen LogP contribution in [0.1, 0.15) is 44.7 Å². The van der Waals surface area contributed by atoms with E-state index in [1.165, 1.54) is 16.7 Å². The van der Waals surface area contributed by atoms with Crippen molar-refractivity contribution in [2.45, 2.75) is 39.2 Å². The number of hydrogen-bond donors (Lipinski definition) is 2. The number of hydrogen-bond acceptors (Lipinski definition) is 4. The predicted octanol–water partition coefficient (Wildman–Crippen LogP) is 4.78. The van der Waals surface area contributed by atoms with E-state index in [1.807, 2.05) is 39.0 Å². The third-order valence-corrected chi connectivity index (χ3v) is 4.78. The van der Waals surface area contributed by atoms with Gasteiger partial charge in [0.05, 0.1) is 6.54 Å². The monoisotopic (exact) mass is 408 g/mol. The van der Waals surface area contributed by atoms with Crippen molar-refractivity contribution in [1.82, 2.24) is 10.6 Å². The van der Waals surface area contributed by atoms with Crippen molar-refractivity contribution in [3.05, 3.63) is 71.3 Å². The van der Waals surface area contributed by atoms with Gasteiger partial charge in [-0.1, -0.05) is 48.0 Å². The topological polar surface area (TPSA) is 59.6 Å². The molecule has 0 unspecified atom stereocenters. The zero-order valence-electron chi connectivity index (χ0n) is 18.2. The Hall–Kier alpha value is -2.79. The number of carbonyl (C=O) groups excluding carboxylic acids is 1. The summed E-state index contributed by atoms with van der Waals surface area (Å²) in [7, 11) is 0. The van der Waals surface area contributed by atoms with Crippen LogP contribution in [0.4, 0.5) is 4.79 Å². The van der Waals surface area contributed by atoms with Crippen molar-refractivity contribution < 1.29 is 14.3 Å². The van der Waals surface area contributed by atoms with Gasteiger partial charge in [0.15, 0.2) is 0 Å². The fourth-order valence-corrected chi connectivity index (χ4v) is 3.54. The van der Waals surface area contributed by atoms with Gasteiger partial charge >= 0.3 is 6.09 Å². The molecule has 0 bridgehead atoms. The lowest BCUT2D eigenvalue weighted by atomic mass is 9.89. The van der Waals surface area contributed by atoms with Crippen LogP contribution in [0.15, 0.2) is 60.2 Å². The van der Waals surface area contributed by atoms with Crippen LogP contribution in [0.2, 0.25) is 0 Å². The van der Waals surface area contributed by atoms with E-state index in [4.69, 9.17) is 9.47 Å². The molecule has 1 heterocycles. The Morgan fingerprint density at radius 1 is 1.00 bits per heavy atom. The minimum absolute atomic E-state index is 0.379. The van der Waals surface area contributed by atoms with E-state index in [0.717, 1.165) is 37.2 Å². The molecule has 0 radical (unpaired) electrons. The molecule has 5 nitrogen and oxygen atoms in total. The lowest BCUT2D eigenvalue weighted by Gasteiger charge is -2.21. The molecule has 30 heavy (non-hydrogen) atoms. The van der Waals surface area contributed by atoms with Gasteiger partial charge in [0.1, 0.15) is 18.0 Å². The normalized spacial score (nSPS) is 14.2. The van der Waals surface area contributed by atoms with Crippen LogP contribution < -0.4 is 15.4 Å². The molecule has 0 spiro atoms. The van der Waals surface area contributed by atoms with Crippen LogP contribution in [0.25, 0.3) is 5.57 Å². The molecule has 1 fully saturated rings. The predicted molar refractivity (Wildman–Crippen MR) is 121 cm³/mol. The first-order valence-corrected chi connectivity index (χ1v) is 10.6. The van der Waals surface area contributed by atoms with Crippen LogP contribution >= 0.6 is 0 Å². The number of amides is 1. The first kappa shape index (κ1) is 21.9. The van der Waals surface area contributed by atoms with Crippen LogP contribution in [0.5, 0.6) is 5.75 Å². The van der Waals surface area contributed by atoms with Crippen LogP contribution in [-0.2, 0) is 4.74 Å². The van der Waals surface area contributed by atoms with E-state index in [-0.39, 0.29) is 0 Å². The van der Waals surface area contributed by atoms with Gasteiger partial charge in [-0.05, 0) is 75.5 Å². The Morgan fingerprint density at radius 2 is 1.70 bits per heavy atom. The molecule has 2 N–H and O–H groups in total. The zero-order valence-corrected chi connectivity index (χ0v) is 18.2. The van der Waals surface area contributed by atoms with Crippen molar-refractivity contribution in [3.8, 4) is 5.75 Å². The van der Waals surface area contributed by atoms with E-state index in [0.29, 0.717) is 13.2 Å². The van der Waals surface area contributed by atoms with Crippen LogP contribution in [0.3, 0.4) is 0 Å². The van der Waals surface area contributed by atoms with Crippen molar-refractivity contribution in [3.63, 3.8) is 0 Å². The molecule has 5 heteroatoms. The fourth-order valence-electron chi connectivity index (χ4n) is 3.54. The van der Waals surface area contributed by atoms with E-state index in [2.05, 4.69) is 47.0 Å². The second-order valence-electron chi connectivity index (χ2n) is 8.40. The van der Waals surface area contributed by atoms with Crippen LogP contribution in [0, 0.1) is 0 Å². The summed E-state index contributed by atoms with van der Waals surface area (Å²) in [6.45, 7) is 8.32. The summed E-state index contributed by atoms with van der Waals surface area (Å²) < 4.78 is 11.1. The minimum atomic E-state index is -0.505. The Balaban J connectivity index is 1.69. The van der Waals surface area contributed by atoms with Gasteiger partial charge in [-0.25, -0.2) is 4.79 Å². The Labute approximate surface area is 179 Å². The lowest BCUT2D eigenvalue weighted by molar-refractivity contribution is 0.0520. The minimum Gasteiger partial charge on any atom is -0.492 e. The molecular weight excluding hydrogens is 376 g/mol. The summed E-state index contributed by atoms with van der Waals surface area (Å²) in [5.41, 5.74) is 4.67. The molecule has 0 aromatic heterocycles. The average Bonchev–Trinajstić information content (AvgIpc) is 2.72. The van der Waals surface area contributed by atoms with Gasteiger partial charge in [0.25, 0.3) is 0 Å². The molecular formula is C25H32N2O3. The number of piperidine rings is 1. The van der Waals surface area contributed by atoms with Crippen molar-refractivity contribution in [2.75, 3.05) is 26.2 Å². The average molecular weight is 409 g/mol. The highest BCUT2D eigenvalue weighted by molar-refractivity contribution is 5.82. The molecule has 1 aliphatic rings. The summed E-state index contributed by atoms with van der Waals surface area (Å²) in [5, 5.41) is 6.16. The van der Waals surface area contributed by atoms with Gasteiger partial charge in [-0.15, -0.1) is 0 Å². The molecule has 1 saturated heterocycles. The summed E-state index contributed by atoms with van der Waals surface area (Å²) in [4.78, 5) is 11.7. The number of rotatable bonds is 6. The van der Waals surface area contributed by atoms with Crippen molar-refractivity contribution in [1.29, 1.82) is 0 Å². The molecule has 2 aromatic carbocycles. The quantitative estimate of drug-likeness (QED) is 0.676. The van der Waals surface area contributed by atoms with Crippen LogP contribution in [-0.4, -0.2) is 37.9 Å². The van der Waals surface area contributed by atoms with E-state index < -0.39 is 11.7 Å². The maximum absolute atomic E-state index is 11.7. The van der Waals surface area contributed by atoms with Gasteiger partial charge in [0.2, 0.25) is 0 Å². The highest BCUT2D eigenvalue weighted by Gasteiger charge is 2.16. The third kappa shape index (κ3) is 6.63. The van der Waals surface area contributed by atoms with E-state index in [9.17, 15) is 4.79 Å². The summed E-state index contributed by atoms with van der Waals surface area (Å²) >= 11 is 0. The highest BCUT2D eigenvalue weighted by atomic mass is 16.6. The molecule has 0 saturated carbocycles. The van der Waals surface area contributed by atoms with Gasteiger partial charge in [-0.3, -0.25) is 0 Å². The number of nitrogens with one attached hydrogen (secondary N) is 2. The molecule has 3 rings (SSSR count). The summed E-state index contributed by atoms with van der Waals surface area (Å²) in [5.74, 6) is 0.793. The first-order chi connectivity index (χ1) is 14.4. The maximum atomic E-state index is 11.7. The van der Waals surface area contributed by atoms with Gasteiger partial charge in [-0.2, -0.15) is 0 Å². The zero-order chi connectivity index (χ0) is 21.4. The SMILES string of the molecule is CC(C)(C)OC(=O)NCCOc1cccc(C(=C2CCNCC2)c2ccccc2)c1. The van der Waals surface area contributed by atoms with Crippen molar-refractivity contribution >= 4 is 11.7 Å². The van der Waals surface area contributed by atoms with Gasteiger partial charge in [0, 0.05) is 0 Å². The Morgan fingerprint density at radius 3 is 2.40 bits per heavy atom. The fraction of sp³-hybridized carbons (Fsp3) is 0.400. The molecule has 1 aliphatic heterocycles. The largest absolute Gasteiger partial charge is 0.492 e. The number of benzene rings is 2. The van der Waals surface area contributed by atoms with Crippen molar-refractivity contribution in [2.24, 2.45) is 0 Å². The molecule has 2 aromatic rings. The second-order valence-corrected chi connectivity index (χ2v) is 8.40. The second kappa shape index (κ2) is 10.3. The Bertz CT molecular complexity index is 861. The molecule has 160 valence electrons. The summed E-state index contributed by atoms with van der Waals surface area (Å²) in [6, 6.07) is 18.8. The first-order valence-electron chi connectivity index (χ1n) is 10.6. The lowest BCUT2D eigenvalue weighted by Crippen LogP contribution is -2.34. The summed E-state index contributed by atoms with van der Waals surface area (Å²) in [6.07, 6.45) is 1.67. The molecule has 0 atom stereocenters. The third-order valence-electron chi connectivity index (χ3n) is 4.78. The van der Waals surface area contributed by atoms with E-state index >= 15 is 0 Å². The standard InChI is InChI=1S/C25H32N2O3/c1-25(2,3)30-24(28)27-16-17-29-22-11-7-10-21(18-22)23(19-8-5-4-6-9-19)20-12-14-26-15-13-20/h4-11,18,26H,12-17H2,1-3H3,(H,27,28). The molecule has 0 aliphatic carbocycles. The highest BCUT2D eigenvalue weighted by Crippen LogP contribution is 2.32.